The average Bonchev–Trinajstić information content (AvgIpc) is 2.43. The summed E-state index contributed by atoms with van der Waals surface area (Å²) < 4.78 is 13.3. The van der Waals surface area contributed by atoms with E-state index in [0.717, 1.165) is 6.07 Å². The molecule has 1 amide bonds. The van der Waals surface area contributed by atoms with E-state index in [1.807, 2.05) is 0 Å². The summed E-state index contributed by atoms with van der Waals surface area (Å²) in [4.78, 5) is 23.0. The fourth-order valence-corrected chi connectivity index (χ4v) is 1.97. The monoisotopic (exact) mass is 307 g/mol. The van der Waals surface area contributed by atoms with E-state index in [4.69, 9.17) is 16.7 Å². The Kier molecular flexibility index (Phi) is 4.23. The molecule has 0 radical (unpaired) electrons. The number of carbonyl (C=O) groups excluding carboxylic acids is 1. The van der Waals surface area contributed by atoms with Crippen molar-refractivity contribution >= 4 is 29.2 Å². The predicted octanol–water partition coefficient (Wildman–Crippen LogP) is 3.74. The van der Waals surface area contributed by atoms with Crippen LogP contribution in [0.5, 0.6) is 0 Å². The minimum atomic E-state index is -1.10. The summed E-state index contributed by atoms with van der Waals surface area (Å²) in [5.41, 5.74) is 1.04. The topological polar surface area (TPSA) is 66.4 Å². The lowest BCUT2D eigenvalue weighted by atomic mass is 10.1. The van der Waals surface area contributed by atoms with Crippen molar-refractivity contribution in [2.45, 2.75) is 6.92 Å². The van der Waals surface area contributed by atoms with Gasteiger partial charge in [-0.2, -0.15) is 0 Å². The molecule has 0 aromatic heterocycles. The first kappa shape index (κ1) is 15.0. The van der Waals surface area contributed by atoms with Crippen LogP contribution in [0.3, 0.4) is 0 Å². The first-order valence-corrected chi connectivity index (χ1v) is 6.37. The van der Waals surface area contributed by atoms with E-state index < -0.39 is 17.7 Å². The van der Waals surface area contributed by atoms with Gasteiger partial charge in [0.05, 0.1) is 16.1 Å². The molecule has 21 heavy (non-hydrogen) atoms. The molecule has 0 spiro atoms. The molecule has 0 saturated carbocycles. The Morgan fingerprint density at radius 2 is 1.95 bits per heavy atom. The molecule has 2 aromatic carbocycles. The third-order valence-corrected chi connectivity index (χ3v) is 3.31. The number of hydrogen-bond donors (Lipinski definition) is 2. The molecule has 0 aliphatic rings. The third-order valence-electron chi connectivity index (χ3n) is 2.93. The van der Waals surface area contributed by atoms with E-state index >= 15 is 0 Å². The summed E-state index contributed by atoms with van der Waals surface area (Å²) in [5, 5.41) is 11.2. The maximum Gasteiger partial charge on any atom is 0.335 e. The smallest absolute Gasteiger partial charge is 0.335 e. The molecule has 0 atom stereocenters. The van der Waals surface area contributed by atoms with E-state index in [1.54, 1.807) is 13.0 Å². The molecule has 0 bridgehead atoms. The first-order chi connectivity index (χ1) is 9.90. The van der Waals surface area contributed by atoms with Crippen molar-refractivity contribution in [3.63, 3.8) is 0 Å². The average molecular weight is 308 g/mol. The zero-order valence-corrected chi connectivity index (χ0v) is 11.7. The molecule has 0 unspecified atom stereocenters. The van der Waals surface area contributed by atoms with Crippen molar-refractivity contribution in [3.05, 3.63) is 63.9 Å². The van der Waals surface area contributed by atoms with Gasteiger partial charge in [-0.05, 0) is 36.8 Å². The number of benzene rings is 2. The molecule has 0 saturated heterocycles. The molecular formula is C15H11ClFNO3. The summed E-state index contributed by atoms with van der Waals surface area (Å²) in [6, 6.07) is 8.25. The zero-order valence-electron chi connectivity index (χ0n) is 11.0. The second kappa shape index (κ2) is 5.93. The Morgan fingerprint density at radius 3 is 2.62 bits per heavy atom. The largest absolute Gasteiger partial charge is 0.478 e. The van der Waals surface area contributed by atoms with Gasteiger partial charge in [-0.1, -0.05) is 23.7 Å². The lowest BCUT2D eigenvalue weighted by Gasteiger charge is -2.10. The van der Waals surface area contributed by atoms with E-state index in [9.17, 15) is 14.0 Å². The molecular weight excluding hydrogens is 297 g/mol. The number of hydrogen-bond acceptors (Lipinski definition) is 2. The van der Waals surface area contributed by atoms with Crippen LogP contribution in [-0.4, -0.2) is 17.0 Å². The number of rotatable bonds is 3. The third kappa shape index (κ3) is 3.20. The summed E-state index contributed by atoms with van der Waals surface area (Å²) >= 11 is 5.75. The summed E-state index contributed by atoms with van der Waals surface area (Å²) in [6.07, 6.45) is 0. The number of anilines is 1. The van der Waals surface area contributed by atoms with Gasteiger partial charge in [0, 0.05) is 5.69 Å². The van der Waals surface area contributed by atoms with Gasteiger partial charge in [-0.3, -0.25) is 4.79 Å². The zero-order chi connectivity index (χ0) is 15.6. The highest BCUT2D eigenvalue weighted by Crippen LogP contribution is 2.22. The Balaban J connectivity index is 2.33. The van der Waals surface area contributed by atoms with E-state index in [2.05, 4.69) is 5.32 Å². The molecule has 6 heteroatoms. The van der Waals surface area contributed by atoms with Crippen LogP contribution in [0.25, 0.3) is 0 Å². The van der Waals surface area contributed by atoms with Gasteiger partial charge in [0.25, 0.3) is 5.91 Å². The van der Waals surface area contributed by atoms with Crippen molar-refractivity contribution < 1.29 is 19.1 Å². The van der Waals surface area contributed by atoms with E-state index in [0.29, 0.717) is 11.3 Å². The van der Waals surface area contributed by atoms with Crippen LogP contribution in [0.2, 0.25) is 5.02 Å². The van der Waals surface area contributed by atoms with Crippen LogP contribution in [0.15, 0.2) is 36.4 Å². The molecule has 2 N–H and O–H groups in total. The number of halogens is 2. The minimum absolute atomic E-state index is 0.0169. The van der Waals surface area contributed by atoms with Gasteiger partial charge in [0.2, 0.25) is 0 Å². The summed E-state index contributed by atoms with van der Waals surface area (Å²) in [7, 11) is 0. The van der Waals surface area contributed by atoms with Crippen molar-refractivity contribution in [1.82, 2.24) is 0 Å². The number of aromatic carboxylic acids is 1. The van der Waals surface area contributed by atoms with Gasteiger partial charge in [-0.25, -0.2) is 9.18 Å². The molecule has 0 fully saturated rings. The maximum atomic E-state index is 13.3. The van der Waals surface area contributed by atoms with Crippen LogP contribution in [0.4, 0.5) is 10.1 Å². The van der Waals surface area contributed by atoms with Crippen molar-refractivity contribution in [1.29, 1.82) is 0 Å². The van der Waals surface area contributed by atoms with Gasteiger partial charge in [0.15, 0.2) is 0 Å². The normalized spacial score (nSPS) is 10.2. The molecule has 0 aliphatic carbocycles. The lowest BCUT2D eigenvalue weighted by Crippen LogP contribution is -2.14. The van der Waals surface area contributed by atoms with Crippen molar-refractivity contribution in [2.75, 3.05) is 5.32 Å². The Morgan fingerprint density at radius 1 is 1.24 bits per heavy atom. The first-order valence-electron chi connectivity index (χ1n) is 5.99. The highest BCUT2D eigenvalue weighted by molar-refractivity contribution is 6.34. The second-order valence-corrected chi connectivity index (χ2v) is 4.77. The minimum Gasteiger partial charge on any atom is -0.478 e. The highest BCUT2D eigenvalue weighted by Gasteiger charge is 2.15. The van der Waals surface area contributed by atoms with Gasteiger partial charge in [0.1, 0.15) is 5.82 Å². The highest BCUT2D eigenvalue weighted by atomic mass is 35.5. The van der Waals surface area contributed by atoms with Gasteiger partial charge in [-0.15, -0.1) is 0 Å². The predicted molar refractivity (Wildman–Crippen MR) is 77.5 cm³/mol. The van der Waals surface area contributed by atoms with Gasteiger partial charge < -0.3 is 10.4 Å². The Labute approximate surface area is 125 Å². The number of amides is 1. The van der Waals surface area contributed by atoms with E-state index in [1.165, 1.54) is 24.3 Å². The summed E-state index contributed by atoms with van der Waals surface area (Å²) in [5.74, 6) is -2.40. The van der Waals surface area contributed by atoms with Crippen molar-refractivity contribution in [2.24, 2.45) is 0 Å². The molecule has 2 rings (SSSR count). The van der Waals surface area contributed by atoms with Crippen LogP contribution in [-0.2, 0) is 0 Å². The fourth-order valence-electron chi connectivity index (χ4n) is 1.76. The number of nitrogens with one attached hydrogen (secondary N) is 1. The van der Waals surface area contributed by atoms with Crippen LogP contribution in [0.1, 0.15) is 26.3 Å². The quantitative estimate of drug-likeness (QED) is 0.907. The SMILES string of the molecule is Cc1ccc(C(=O)O)cc1NC(=O)c1cccc(F)c1Cl. The van der Waals surface area contributed by atoms with E-state index in [-0.39, 0.29) is 16.1 Å². The van der Waals surface area contributed by atoms with Crippen molar-refractivity contribution in [3.8, 4) is 0 Å². The molecule has 0 aliphatic heterocycles. The Bertz CT molecular complexity index is 731. The number of carboxylic acid groups (broad SMARTS) is 1. The lowest BCUT2D eigenvalue weighted by molar-refractivity contribution is 0.0696. The number of carboxylic acids is 1. The molecule has 0 heterocycles. The fraction of sp³-hybridized carbons (Fsp3) is 0.0667. The molecule has 4 nitrogen and oxygen atoms in total. The molecule has 108 valence electrons. The summed E-state index contributed by atoms with van der Waals surface area (Å²) in [6.45, 7) is 1.72. The molecule has 2 aromatic rings. The second-order valence-electron chi connectivity index (χ2n) is 4.39. The van der Waals surface area contributed by atoms with Crippen LogP contribution >= 0.6 is 11.6 Å². The van der Waals surface area contributed by atoms with Gasteiger partial charge >= 0.3 is 5.97 Å². The maximum absolute atomic E-state index is 13.3. The van der Waals surface area contributed by atoms with Crippen LogP contribution in [0, 0.1) is 12.7 Å². The standard InChI is InChI=1S/C15H11ClFNO3/c1-8-5-6-9(15(20)21)7-12(8)18-14(19)10-3-2-4-11(17)13(10)16/h2-7H,1H3,(H,18,19)(H,20,21). The van der Waals surface area contributed by atoms with Crippen LogP contribution < -0.4 is 5.32 Å². The Hall–Kier alpha value is -2.40. The number of aryl methyl sites for hydroxylation is 1. The number of carbonyl (C=O) groups is 2.